The quantitative estimate of drug-likeness (QED) is 0.327. The van der Waals surface area contributed by atoms with Gasteiger partial charge in [-0.15, -0.1) is 0 Å². The number of anilines is 4. The molecule has 1 unspecified atom stereocenters. The van der Waals surface area contributed by atoms with Crippen LogP contribution in [-0.2, 0) is 0 Å². The van der Waals surface area contributed by atoms with E-state index in [0.29, 0.717) is 29.6 Å². The van der Waals surface area contributed by atoms with E-state index in [1.165, 1.54) is 25.0 Å². The van der Waals surface area contributed by atoms with Gasteiger partial charge in [0.05, 0.1) is 0 Å². The van der Waals surface area contributed by atoms with Crippen molar-refractivity contribution in [3.63, 3.8) is 0 Å². The maximum atomic E-state index is 13.8. The summed E-state index contributed by atoms with van der Waals surface area (Å²) >= 11 is 0. The number of hydrogen-bond donors (Lipinski definition) is 3. The molecule has 0 aliphatic carbocycles. The fourth-order valence-corrected chi connectivity index (χ4v) is 4.10. The Kier molecular flexibility index (Phi) is 9.05. The Bertz CT molecular complexity index is 889. The molecule has 1 aliphatic rings. The predicted octanol–water partition coefficient (Wildman–Crippen LogP) is 4.76. The molecule has 0 amide bonds. The molecular weight excluding hydrogens is 421 g/mol. The first-order chi connectivity index (χ1) is 15.9. The number of phenols is 1. The average Bonchev–Trinajstić information content (AvgIpc) is 2.81. The van der Waals surface area contributed by atoms with Crippen molar-refractivity contribution < 1.29 is 9.50 Å². The Labute approximate surface area is 196 Å². The van der Waals surface area contributed by atoms with Crippen LogP contribution < -0.4 is 15.5 Å². The van der Waals surface area contributed by atoms with Crippen molar-refractivity contribution in [2.45, 2.75) is 70.9 Å². The monoisotopic (exact) mass is 459 g/mol. The third kappa shape index (κ3) is 7.15. The molecule has 1 aliphatic heterocycles. The number of aromatic hydroxyl groups is 1. The molecule has 3 rings (SSSR count). The molecule has 0 radical (unpaired) electrons. The third-order valence-electron chi connectivity index (χ3n) is 6.36. The van der Waals surface area contributed by atoms with Gasteiger partial charge in [-0.05, 0) is 58.0 Å². The lowest BCUT2D eigenvalue weighted by Crippen LogP contribution is -2.42. The second-order valence-corrected chi connectivity index (χ2v) is 8.96. The minimum absolute atomic E-state index is 0.277. The van der Waals surface area contributed by atoms with Crippen molar-refractivity contribution in [2.75, 3.05) is 42.7 Å². The highest BCUT2D eigenvalue weighted by Crippen LogP contribution is 2.25. The number of likely N-dealkylation sites (tertiary alicyclic amines) is 1. The zero-order valence-corrected chi connectivity index (χ0v) is 20.3. The van der Waals surface area contributed by atoms with E-state index in [-0.39, 0.29) is 11.8 Å². The average molecular weight is 460 g/mol. The first-order valence-electron chi connectivity index (χ1n) is 12.1. The van der Waals surface area contributed by atoms with Crippen molar-refractivity contribution in [1.29, 1.82) is 0 Å². The van der Waals surface area contributed by atoms with E-state index < -0.39 is 5.82 Å². The zero-order valence-electron chi connectivity index (χ0n) is 20.3. The molecule has 1 aromatic heterocycles. The number of nitrogens with one attached hydrogen (secondary N) is 2. The van der Waals surface area contributed by atoms with Gasteiger partial charge in [-0.1, -0.05) is 33.1 Å². The summed E-state index contributed by atoms with van der Waals surface area (Å²) in [5, 5.41) is 16.0. The van der Waals surface area contributed by atoms with Gasteiger partial charge in [-0.25, -0.2) is 4.39 Å². The molecule has 3 N–H and O–H groups in total. The Morgan fingerprint density at radius 1 is 1.15 bits per heavy atom. The molecule has 33 heavy (non-hydrogen) atoms. The SMILES string of the molecule is CCCCCC(CC)Nc1nc(Nc2ccc(O)c(F)c2)nc(N(C)C2CCN(C)CC2)n1. The van der Waals surface area contributed by atoms with Crippen molar-refractivity contribution in [3.05, 3.63) is 24.0 Å². The molecule has 0 spiro atoms. The van der Waals surface area contributed by atoms with Crippen LogP contribution in [0.15, 0.2) is 18.2 Å². The Hall–Kier alpha value is -2.68. The lowest BCUT2D eigenvalue weighted by atomic mass is 10.0. The van der Waals surface area contributed by atoms with Crippen molar-refractivity contribution >= 4 is 23.5 Å². The summed E-state index contributed by atoms with van der Waals surface area (Å²) in [6.45, 7) is 6.45. The van der Waals surface area contributed by atoms with Crippen LogP contribution in [0.25, 0.3) is 0 Å². The van der Waals surface area contributed by atoms with E-state index in [0.717, 1.165) is 45.2 Å². The van der Waals surface area contributed by atoms with Crippen LogP contribution in [0.1, 0.15) is 58.8 Å². The highest BCUT2D eigenvalue weighted by Gasteiger charge is 2.24. The number of halogens is 1. The molecule has 8 nitrogen and oxygen atoms in total. The van der Waals surface area contributed by atoms with E-state index in [1.54, 1.807) is 6.07 Å². The van der Waals surface area contributed by atoms with Crippen LogP contribution in [0.3, 0.4) is 0 Å². The number of piperidine rings is 1. The second kappa shape index (κ2) is 12.0. The number of hydrogen-bond acceptors (Lipinski definition) is 8. The molecule has 2 heterocycles. The normalized spacial score (nSPS) is 15.9. The van der Waals surface area contributed by atoms with Crippen LogP contribution in [0.4, 0.5) is 27.9 Å². The zero-order chi connectivity index (χ0) is 23.8. The minimum atomic E-state index is -0.696. The van der Waals surface area contributed by atoms with E-state index in [2.05, 4.69) is 51.3 Å². The van der Waals surface area contributed by atoms with Crippen LogP contribution in [0.2, 0.25) is 0 Å². The van der Waals surface area contributed by atoms with Gasteiger partial charge in [0.25, 0.3) is 0 Å². The molecule has 0 bridgehead atoms. The van der Waals surface area contributed by atoms with Crippen LogP contribution in [0, 0.1) is 5.82 Å². The second-order valence-electron chi connectivity index (χ2n) is 8.96. The third-order valence-corrected chi connectivity index (χ3v) is 6.36. The molecule has 1 aromatic carbocycles. The van der Waals surface area contributed by atoms with Gasteiger partial charge in [0.1, 0.15) is 0 Å². The van der Waals surface area contributed by atoms with E-state index in [9.17, 15) is 9.50 Å². The number of benzene rings is 1. The number of rotatable bonds is 11. The lowest BCUT2D eigenvalue weighted by Gasteiger charge is -2.35. The maximum Gasteiger partial charge on any atom is 0.233 e. The van der Waals surface area contributed by atoms with Gasteiger partial charge in [0.15, 0.2) is 11.6 Å². The summed E-state index contributed by atoms with van der Waals surface area (Å²) in [7, 11) is 4.17. The summed E-state index contributed by atoms with van der Waals surface area (Å²) in [5.74, 6) is 0.366. The highest BCUT2D eigenvalue weighted by atomic mass is 19.1. The molecule has 1 atom stereocenters. The lowest BCUT2D eigenvalue weighted by molar-refractivity contribution is 0.252. The van der Waals surface area contributed by atoms with E-state index >= 15 is 0 Å². The first-order valence-corrected chi connectivity index (χ1v) is 12.1. The van der Waals surface area contributed by atoms with Crippen molar-refractivity contribution in [2.24, 2.45) is 0 Å². The fraction of sp³-hybridized carbons (Fsp3) is 0.625. The first kappa shape index (κ1) is 25.0. The highest BCUT2D eigenvalue weighted by molar-refractivity contribution is 5.57. The van der Waals surface area contributed by atoms with Gasteiger partial charge in [0.2, 0.25) is 17.8 Å². The number of unbranched alkanes of at least 4 members (excludes halogenated alkanes) is 2. The smallest absolute Gasteiger partial charge is 0.233 e. The molecule has 1 fully saturated rings. The Morgan fingerprint density at radius 3 is 2.55 bits per heavy atom. The number of aromatic nitrogens is 3. The molecule has 1 saturated heterocycles. The predicted molar refractivity (Wildman–Crippen MR) is 132 cm³/mol. The minimum Gasteiger partial charge on any atom is -0.505 e. The molecule has 182 valence electrons. The topological polar surface area (TPSA) is 89.4 Å². The summed E-state index contributed by atoms with van der Waals surface area (Å²) < 4.78 is 13.8. The van der Waals surface area contributed by atoms with Crippen LogP contribution >= 0.6 is 0 Å². The van der Waals surface area contributed by atoms with Gasteiger partial charge < -0.3 is 25.5 Å². The Balaban J connectivity index is 1.84. The van der Waals surface area contributed by atoms with Gasteiger partial charge in [-0.3, -0.25) is 0 Å². The summed E-state index contributed by atoms with van der Waals surface area (Å²) in [6.07, 6.45) is 7.67. The van der Waals surface area contributed by atoms with Gasteiger partial charge in [-0.2, -0.15) is 15.0 Å². The summed E-state index contributed by atoms with van der Waals surface area (Å²) in [4.78, 5) is 18.4. The number of phenolic OH excluding ortho intramolecular Hbond substituents is 1. The molecule has 9 heteroatoms. The van der Waals surface area contributed by atoms with Crippen LogP contribution in [-0.4, -0.2) is 64.2 Å². The summed E-state index contributed by atoms with van der Waals surface area (Å²) in [5.41, 5.74) is 0.463. The Morgan fingerprint density at radius 2 is 1.88 bits per heavy atom. The molecular formula is C24H38FN7O. The molecule has 0 saturated carbocycles. The van der Waals surface area contributed by atoms with E-state index in [1.807, 2.05) is 7.05 Å². The van der Waals surface area contributed by atoms with Gasteiger partial charge in [0, 0.05) is 30.9 Å². The van der Waals surface area contributed by atoms with Crippen molar-refractivity contribution in [1.82, 2.24) is 19.9 Å². The summed E-state index contributed by atoms with van der Waals surface area (Å²) in [6, 6.07) is 4.76. The maximum absolute atomic E-state index is 13.8. The number of nitrogens with zero attached hydrogens (tertiary/aromatic N) is 5. The standard InChI is InChI=1S/C24H38FN7O/c1-5-7-8-9-17(6-2)26-22-28-23(27-18-10-11-21(33)20(25)16-18)30-24(29-22)32(4)19-12-14-31(3)15-13-19/h10-11,16-17,19,33H,5-9,12-15H2,1-4H3,(H2,26,27,28,29,30). The molecule has 2 aromatic rings. The van der Waals surface area contributed by atoms with E-state index in [4.69, 9.17) is 4.98 Å². The van der Waals surface area contributed by atoms with Crippen LogP contribution in [0.5, 0.6) is 5.75 Å². The van der Waals surface area contributed by atoms with Gasteiger partial charge >= 0.3 is 0 Å². The fourth-order valence-electron chi connectivity index (χ4n) is 4.10. The largest absolute Gasteiger partial charge is 0.505 e. The van der Waals surface area contributed by atoms with Crippen molar-refractivity contribution in [3.8, 4) is 5.75 Å².